The molecule has 1 aliphatic rings. The molecule has 1 saturated heterocycles. The summed E-state index contributed by atoms with van der Waals surface area (Å²) < 4.78 is 21.8. The third-order valence-corrected chi connectivity index (χ3v) is 5.13. The van der Waals surface area contributed by atoms with E-state index in [9.17, 15) is 9.90 Å². The van der Waals surface area contributed by atoms with Crippen molar-refractivity contribution in [2.24, 2.45) is 0 Å². The van der Waals surface area contributed by atoms with E-state index < -0.39 is 30.2 Å². The van der Waals surface area contributed by atoms with Crippen molar-refractivity contribution < 1.29 is 28.8 Å². The second-order valence-electron chi connectivity index (χ2n) is 7.19. The summed E-state index contributed by atoms with van der Waals surface area (Å²) >= 11 is 0. The zero-order valence-corrected chi connectivity index (χ0v) is 17.2. The van der Waals surface area contributed by atoms with Crippen LogP contribution in [0.5, 0.6) is 5.75 Å². The maximum atomic E-state index is 12.2. The van der Waals surface area contributed by atoms with Gasteiger partial charge in [-0.1, -0.05) is 18.2 Å². The molecule has 0 aromatic heterocycles. The molecule has 1 amide bonds. The molecule has 0 spiro atoms. The predicted octanol–water partition coefficient (Wildman–Crippen LogP) is 1.97. The molecule has 0 bridgehead atoms. The zero-order chi connectivity index (χ0) is 20.7. The Morgan fingerprint density at radius 3 is 2.75 bits per heavy atom. The SMILES string of the molecule is COc1ccccc1C(C)NCCNC(=O)O[C@H]1[C@H](C)O[C@H](O)C[C@@]1(C)OC. The van der Waals surface area contributed by atoms with Crippen LogP contribution >= 0.6 is 0 Å². The van der Waals surface area contributed by atoms with Crippen LogP contribution in [-0.2, 0) is 14.2 Å². The van der Waals surface area contributed by atoms with Crippen LogP contribution in [0.25, 0.3) is 0 Å². The highest BCUT2D eigenvalue weighted by Gasteiger charge is 2.47. The molecule has 8 nitrogen and oxygen atoms in total. The van der Waals surface area contributed by atoms with E-state index in [-0.39, 0.29) is 12.5 Å². The van der Waals surface area contributed by atoms with Crippen LogP contribution in [0.15, 0.2) is 24.3 Å². The first-order valence-electron chi connectivity index (χ1n) is 9.50. The van der Waals surface area contributed by atoms with Crippen LogP contribution in [0.3, 0.4) is 0 Å². The van der Waals surface area contributed by atoms with Gasteiger partial charge in [0.2, 0.25) is 0 Å². The molecular weight excluding hydrogens is 364 g/mol. The average Bonchev–Trinajstić information content (AvgIpc) is 2.67. The lowest BCUT2D eigenvalue weighted by Gasteiger charge is -2.44. The Bertz CT molecular complexity index is 643. The smallest absolute Gasteiger partial charge is 0.407 e. The van der Waals surface area contributed by atoms with E-state index in [1.165, 1.54) is 7.11 Å². The Morgan fingerprint density at radius 1 is 1.36 bits per heavy atom. The summed E-state index contributed by atoms with van der Waals surface area (Å²) in [6.45, 7) is 6.53. The fourth-order valence-corrected chi connectivity index (χ4v) is 3.49. The van der Waals surface area contributed by atoms with Gasteiger partial charge in [0.15, 0.2) is 12.4 Å². The van der Waals surface area contributed by atoms with Crippen molar-refractivity contribution in [1.29, 1.82) is 0 Å². The number of amides is 1. The molecular formula is C20H32N2O6. The van der Waals surface area contributed by atoms with E-state index >= 15 is 0 Å². The summed E-state index contributed by atoms with van der Waals surface area (Å²) in [4.78, 5) is 12.2. The highest BCUT2D eigenvalue weighted by Crippen LogP contribution is 2.33. The van der Waals surface area contributed by atoms with Crippen molar-refractivity contribution in [2.45, 2.75) is 57.3 Å². The lowest BCUT2D eigenvalue weighted by atomic mass is 9.88. The van der Waals surface area contributed by atoms with E-state index in [4.69, 9.17) is 18.9 Å². The molecule has 28 heavy (non-hydrogen) atoms. The molecule has 8 heteroatoms. The first-order valence-corrected chi connectivity index (χ1v) is 9.50. The number of ether oxygens (including phenoxy) is 4. The van der Waals surface area contributed by atoms with Crippen molar-refractivity contribution in [3.05, 3.63) is 29.8 Å². The summed E-state index contributed by atoms with van der Waals surface area (Å²) in [5, 5.41) is 15.9. The van der Waals surface area contributed by atoms with E-state index in [2.05, 4.69) is 10.6 Å². The molecule has 5 atom stereocenters. The van der Waals surface area contributed by atoms with Gasteiger partial charge >= 0.3 is 6.09 Å². The normalized spacial score (nSPS) is 28.4. The van der Waals surface area contributed by atoms with Crippen LogP contribution in [0.2, 0.25) is 0 Å². The molecule has 1 unspecified atom stereocenters. The van der Waals surface area contributed by atoms with Crippen molar-refractivity contribution >= 4 is 6.09 Å². The number of nitrogens with one attached hydrogen (secondary N) is 2. The van der Waals surface area contributed by atoms with Crippen LogP contribution in [0, 0.1) is 0 Å². The number of aliphatic hydroxyl groups is 1. The third kappa shape index (κ3) is 5.57. The molecule has 158 valence electrons. The molecule has 1 fully saturated rings. The number of aliphatic hydroxyl groups excluding tert-OH is 1. The highest BCUT2D eigenvalue weighted by molar-refractivity contribution is 5.67. The minimum absolute atomic E-state index is 0.0685. The van der Waals surface area contributed by atoms with Gasteiger partial charge < -0.3 is 34.7 Å². The monoisotopic (exact) mass is 396 g/mol. The Hall–Kier alpha value is -1.87. The van der Waals surface area contributed by atoms with E-state index in [1.807, 2.05) is 31.2 Å². The maximum absolute atomic E-state index is 12.2. The van der Waals surface area contributed by atoms with E-state index in [1.54, 1.807) is 21.0 Å². The third-order valence-electron chi connectivity index (χ3n) is 5.13. The Balaban J connectivity index is 1.79. The van der Waals surface area contributed by atoms with Crippen molar-refractivity contribution in [3.63, 3.8) is 0 Å². The predicted molar refractivity (Wildman–Crippen MR) is 104 cm³/mol. The topological polar surface area (TPSA) is 98.3 Å². The number of hydrogen-bond acceptors (Lipinski definition) is 7. The molecule has 1 aromatic rings. The number of hydrogen-bond donors (Lipinski definition) is 3. The highest BCUT2D eigenvalue weighted by atomic mass is 16.7. The van der Waals surface area contributed by atoms with Crippen LogP contribution in [-0.4, -0.2) is 62.6 Å². The second kappa shape index (κ2) is 10.1. The van der Waals surface area contributed by atoms with Gasteiger partial charge in [-0.3, -0.25) is 0 Å². The van der Waals surface area contributed by atoms with Crippen LogP contribution in [0.1, 0.15) is 38.8 Å². The van der Waals surface area contributed by atoms with Gasteiger partial charge in [-0.05, 0) is 26.8 Å². The summed E-state index contributed by atoms with van der Waals surface area (Å²) in [6.07, 6.45) is -2.37. The first kappa shape index (κ1) is 22.4. The van der Waals surface area contributed by atoms with E-state index in [0.717, 1.165) is 11.3 Å². The quantitative estimate of drug-likeness (QED) is 0.578. The van der Waals surface area contributed by atoms with Crippen molar-refractivity contribution in [1.82, 2.24) is 10.6 Å². The molecule has 1 heterocycles. The van der Waals surface area contributed by atoms with Crippen LogP contribution < -0.4 is 15.4 Å². The van der Waals surface area contributed by atoms with Gasteiger partial charge in [0, 0.05) is 38.2 Å². The Labute approximate surface area is 166 Å². The number of carbonyl (C=O) groups is 1. The number of methoxy groups -OCH3 is 2. The van der Waals surface area contributed by atoms with Crippen LogP contribution in [0.4, 0.5) is 4.79 Å². The molecule has 3 N–H and O–H groups in total. The Morgan fingerprint density at radius 2 is 2.07 bits per heavy atom. The average molecular weight is 396 g/mol. The number of rotatable bonds is 8. The molecule has 0 aliphatic carbocycles. The minimum Gasteiger partial charge on any atom is -0.496 e. The van der Waals surface area contributed by atoms with Gasteiger partial charge in [0.05, 0.1) is 13.2 Å². The lowest BCUT2D eigenvalue weighted by molar-refractivity contribution is -0.262. The van der Waals surface area contributed by atoms with Crippen molar-refractivity contribution in [3.8, 4) is 5.75 Å². The molecule has 2 rings (SSSR count). The van der Waals surface area contributed by atoms with Gasteiger partial charge in [-0.2, -0.15) is 0 Å². The van der Waals surface area contributed by atoms with Gasteiger partial charge in [0.25, 0.3) is 0 Å². The zero-order valence-electron chi connectivity index (χ0n) is 17.2. The van der Waals surface area contributed by atoms with Gasteiger partial charge in [-0.15, -0.1) is 0 Å². The molecule has 1 aliphatic heterocycles. The summed E-state index contributed by atoms with van der Waals surface area (Å²) in [6, 6.07) is 7.88. The first-order chi connectivity index (χ1) is 13.3. The number of para-hydroxylation sites is 1. The van der Waals surface area contributed by atoms with E-state index in [0.29, 0.717) is 13.1 Å². The number of alkyl carbamates (subject to hydrolysis) is 1. The van der Waals surface area contributed by atoms with Crippen molar-refractivity contribution in [2.75, 3.05) is 27.3 Å². The maximum Gasteiger partial charge on any atom is 0.407 e. The molecule has 0 radical (unpaired) electrons. The second-order valence-corrected chi connectivity index (χ2v) is 7.19. The lowest BCUT2D eigenvalue weighted by Crippen LogP contribution is -2.58. The van der Waals surface area contributed by atoms with Gasteiger partial charge in [0.1, 0.15) is 11.4 Å². The Kier molecular flexibility index (Phi) is 8.06. The minimum atomic E-state index is -0.941. The van der Waals surface area contributed by atoms with Gasteiger partial charge in [-0.25, -0.2) is 4.79 Å². The number of benzene rings is 1. The molecule has 0 saturated carbocycles. The summed E-state index contributed by atoms with van der Waals surface area (Å²) in [7, 11) is 3.17. The molecule has 1 aromatic carbocycles. The fourth-order valence-electron chi connectivity index (χ4n) is 3.49. The summed E-state index contributed by atoms with van der Waals surface area (Å²) in [5.74, 6) is 0.821. The standard InChI is InChI=1S/C20H32N2O6/c1-13(15-8-6-7-9-16(15)25-4)21-10-11-22-19(24)28-18-14(2)27-17(23)12-20(18,3)26-5/h6-9,13-14,17-18,21,23H,10-12H2,1-5H3,(H,22,24)/t13?,14-,17-,18-,20+/m0/s1. The summed E-state index contributed by atoms with van der Waals surface area (Å²) in [5.41, 5.74) is 0.237. The fraction of sp³-hybridized carbons (Fsp3) is 0.650. The number of carbonyl (C=O) groups excluding carboxylic acids is 1. The largest absolute Gasteiger partial charge is 0.496 e.